The summed E-state index contributed by atoms with van der Waals surface area (Å²) in [6.07, 6.45) is 4.37. The summed E-state index contributed by atoms with van der Waals surface area (Å²) >= 11 is 0. The van der Waals surface area contributed by atoms with E-state index in [-0.39, 0.29) is 12.0 Å². The van der Waals surface area contributed by atoms with Crippen LogP contribution in [0.5, 0.6) is 5.75 Å². The molecule has 264 valence electrons. The van der Waals surface area contributed by atoms with Gasteiger partial charge in [0.25, 0.3) is 0 Å². The van der Waals surface area contributed by atoms with Crippen molar-refractivity contribution >= 4 is 17.0 Å². The third-order valence-electron chi connectivity index (χ3n) is 11.0. The highest BCUT2D eigenvalue weighted by atomic mass is 16.5. The topological polar surface area (TPSA) is 52.8 Å². The van der Waals surface area contributed by atoms with Crippen LogP contribution in [0.4, 0.5) is 0 Å². The van der Waals surface area contributed by atoms with E-state index in [2.05, 4.69) is 156 Å². The Morgan fingerprint density at radius 2 is 1.02 bits per heavy atom. The van der Waals surface area contributed by atoms with Gasteiger partial charge in [0, 0.05) is 39.2 Å². The first-order chi connectivity index (χ1) is 27.8. The molecule has 1 aliphatic heterocycles. The quantitative estimate of drug-likeness (QED) is 0.172. The predicted molar refractivity (Wildman–Crippen MR) is 225 cm³/mol. The minimum absolute atomic E-state index is 0.0402. The van der Waals surface area contributed by atoms with E-state index in [1.54, 1.807) is 0 Å². The van der Waals surface area contributed by atoms with Gasteiger partial charge in [0.15, 0.2) is 17.5 Å². The number of rotatable bonds is 6. The predicted octanol–water partition coefficient (Wildman–Crippen LogP) is 12.4. The summed E-state index contributed by atoms with van der Waals surface area (Å²) in [6, 6.07) is 63.3. The van der Waals surface area contributed by atoms with Crippen molar-refractivity contribution in [2.75, 3.05) is 0 Å². The third kappa shape index (κ3) is 5.36. The number of aromatic nitrogens is 4. The van der Waals surface area contributed by atoms with Crippen LogP contribution in [0.3, 0.4) is 0 Å². The molecule has 1 aliphatic carbocycles. The molecule has 56 heavy (non-hydrogen) atoms. The Morgan fingerprint density at radius 1 is 0.464 bits per heavy atom. The highest BCUT2D eigenvalue weighted by molar-refractivity contribution is 5.92. The molecule has 9 aromatic rings. The third-order valence-corrected chi connectivity index (χ3v) is 11.0. The van der Waals surface area contributed by atoms with Crippen LogP contribution in [-0.4, -0.2) is 19.5 Å². The van der Waals surface area contributed by atoms with Gasteiger partial charge in [0.1, 0.15) is 11.9 Å². The summed E-state index contributed by atoms with van der Waals surface area (Å²) in [6.45, 7) is 0. The summed E-state index contributed by atoms with van der Waals surface area (Å²) in [4.78, 5) is 15.6. The molecule has 0 N–H and O–H groups in total. The van der Waals surface area contributed by atoms with Crippen molar-refractivity contribution in [2.45, 2.75) is 12.0 Å². The number of hydrogen-bond donors (Lipinski definition) is 0. The van der Waals surface area contributed by atoms with E-state index in [9.17, 15) is 0 Å². The largest absolute Gasteiger partial charge is 0.484 e. The van der Waals surface area contributed by atoms with Crippen LogP contribution in [0.2, 0.25) is 0 Å². The fraction of sp³-hybridized carbons (Fsp3) is 0.0392. The maximum Gasteiger partial charge on any atom is 0.167 e. The van der Waals surface area contributed by atoms with Crippen LogP contribution >= 0.6 is 0 Å². The highest BCUT2D eigenvalue weighted by Gasteiger charge is 2.41. The van der Waals surface area contributed by atoms with Crippen LogP contribution in [0.25, 0.3) is 79.1 Å². The van der Waals surface area contributed by atoms with Gasteiger partial charge in [-0.3, -0.25) is 0 Å². The second kappa shape index (κ2) is 13.2. The minimum Gasteiger partial charge on any atom is -0.484 e. The van der Waals surface area contributed by atoms with Crippen molar-refractivity contribution in [1.82, 2.24) is 19.5 Å². The summed E-state index contributed by atoms with van der Waals surface area (Å²) in [7, 11) is 0. The van der Waals surface area contributed by atoms with E-state index in [4.69, 9.17) is 19.7 Å². The fourth-order valence-corrected chi connectivity index (χ4v) is 8.42. The summed E-state index contributed by atoms with van der Waals surface area (Å²) in [5, 5.41) is 1.20. The molecule has 0 bridgehead atoms. The first-order valence-electron chi connectivity index (χ1n) is 19.0. The van der Waals surface area contributed by atoms with Crippen LogP contribution in [0, 0.1) is 0 Å². The van der Waals surface area contributed by atoms with Crippen molar-refractivity contribution in [3.8, 4) is 67.9 Å². The van der Waals surface area contributed by atoms with Crippen molar-refractivity contribution in [1.29, 1.82) is 0 Å². The van der Waals surface area contributed by atoms with E-state index >= 15 is 0 Å². The lowest BCUT2D eigenvalue weighted by Crippen LogP contribution is -2.13. The van der Waals surface area contributed by atoms with Gasteiger partial charge in [-0.15, -0.1) is 0 Å². The molecule has 0 saturated carbocycles. The molecular formula is C51H34N4O. The lowest BCUT2D eigenvalue weighted by molar-refractivity contribution is 0.225. The number of fused-ring (bicyclic) bond motifs is 7. The molecule has 3 heterocycles. The Labute approximate surface area is 324 Å². The Balaban J connectivity index is 1.08. The Kier molecular flexibility index (Phi) is 7.56. The standard InChI is InChI=1S/C51H34N4O/c1-5-16-33(17-6-1)36-30-37(34-18-7-2-8-19-34)32-38(31-36)50-52-49(35-20-9-3-10-21-35)53-51(54-50)43-26-15-25-40-41-28-29-45-46(48(41)56-47(40)43)42-24-13-14-27-44(42)55(45)39-22-11-4-12-23-39/h1-32,41,48H. The molecule has 2 unspecified atom stereocenters. The average molecular weight is 719 g/mol. The first-order valence-corrected chi connectivity index (χ1v) is 19.0. The molecule has 0 fully saturated rings. The number of ether oxygens (including phenoxy) is 1. The van der Waals surface area contributed by atoms with E-state index in [1.807, 2.05) is 42.5 Å². The smallest absolute Gasteiger partial charge is 0.167 e. The van der Waals surface area contributed by atoms with Crippen molar-refractivity contribution in [3.63, 3.8) is 0 Å². The Bertz CT molecular complexity index is 2880. The van der Waals surface area contributed by atoms with Gasteiger partial charge in [-0.05, 0) is 70.8 Å². The van der Waals surface area contributed by atoms with Crippen molar-refractivity contribution < 1.29 is 4.74 Å². The lowest BCUT2D eigenvalue weighted by atomic mass is 9.85. The van der Waals surface area contributed by atoms with Gasteiger partial charge >= 0.3 is 0 Å². The molecule has 5 nitrogen and oxygen atoms in total. The van der Waals surface area contributed by atoms with Crippen LogP contribution in [0.1, 0.15) is 28.8 Å². The van der Waals surface area contributed by atoms with E-state index in [0.717, 1.165) is 67.2 Å². The van der Waals surface area contributed by atoms with Gasteiger partial charge in [-0.2, -0.15) is 0 Å². The summed E-state index contributed by atoms with van der Waals surface area (Å²) < 4.78 is 9.51. The van der Waals surface area contributed by atoms with Crippen LogP contribution in [-0.2, 0) is 0 Å². The summed E-state index contributed by atoms with van der Waals surface area (Å²) in [5.74, 6) is 2.64. The van der Waals surface area contributed by atoms with Crippen LogP contribution < -0.4 is 4.74 Å². The van der Waals surface area contributed by atoms with Crippen molar-refractivity contribution in [2.24, 2.45) is 0 Å². The monoisotopic (exact) mass is 718 g/mol. The molecule has 2 aliphatic rings. The molecule has 2 aromatic heterocycles. The maximum atomic E-state index is 7.16. The number of hydrogen-bond acceptors (Lipinski definition) is 4. The molecule has 0 radical (unpaired) electrons. The van der Waals surface area contributed by atoms with Gasteiger partial charge < -0.3 is 9.30 Å². The van der Waals surface area contributed by atoms with Gasteiger partial charge in [-0.25, -0.2) is 15.0 Å². The second-order valence-corrected chi connectivity index (χ2v) is 14.3. The first kappa shape index (κ1) is 32.1. The average Bonchev–Trinajstić information content (AvgIpc) is 3.83. The Morgan fingerprint density at radius 3 is 1.70 bits per heavy atom. The molecule has 7 aromatic carbocycles. The molecule has 0 amide bonds. The number of para-hydroxylation sites is 3. The summed E-state index contributed by atoms with van der Waals surface area (Å²) in [5.41, 5.74) is 12.9. The normalized spacial score (nSPS) is 15.2. The van der Waals surface area contributed by atoms with E-state index in [1.165, 1.54) is 10.9 Å². The molecule has 11 rings (SSSR count). The van der Waals surface area contributed by atoms with Gasteiger partial charge in [0.2, 0.25) is 0 Å². The van der Waals surface area contributed by atoms with Crippen molar-refractivity contribution in [3.05, 3.63) is 205 Å². The number of nitrogens with zero attached hydrogens (tertiary/aromatic N) is 4. The molecule has 5 heteroatoms. The zero-order chi connectivity index (χ0) is 37.0. The number of benzene rings is 7. The van der Waals surface area contributed by atoms with Gasteiger partial charge in [0.05, 0.1) is 16.8 Å². The molecule has 0 spiro atoms. The fourth-order valence-electron chi connectivity index (χ4n) is 8.42. The van der Waals surface area contributed by atoms with Gasteiger partial charge in [-0.1, -0.05) is 146 Å². The minimum atomic E-state index is -0.202. The Hall–Kier alpha value is -7.37. The highest BCUT2D eigenvalue weighted by Crippen LogP contribution is 2.55. The van der Waals surface area contributed by atoms with E-state index < -0.39 is 0 Å². The molecular weight excluding hydrogens is 685 g/mol. The zero-order valence-corrected chi connectivity index (χ0v) is 30.3. The molecule has 0 saturated heterocycles. The van der Waals surface area contributed by atoms with Crippen LogP contribution in [0.15, 0.2) is 188 Å². The SMILES string of the molecule is C1=CC2c3cccc(-c4nc(-c5ccccc5)nc(-c5cc(-c6ccccc6)cc(-c6ccccc6)c5)n4)c3OC2c2c1n(-c1ccccc1)c1ccccc21. The molecule has 2 atom stereocenters. The maximum absolute atomic E-state index is 7.16. The lowest BCUT2D eigenvalue weighted by Gasteiger charge is -2.22. The van der Waals surface area contributed by atoms with E-state index in [0.29, 0.717) is 17.5 Å². The second-order valence-electron chi connectivity index (χ2n) is 14.3. The zero-order valence-electron chi connectivity index (χ0n) is 30.3.